The second-order valence-electron chi connectivity index (χ2n) is 5.93. The molecule has 2 aromatic carbocycles. The molecule has 0 aliphatic heterocycles. The van der Waals surface area contributed by atoms with E-state index >= 15 is 0 Å². The topological polar surface area (TPSA) is 86.4 Å². The lowest BCUT2D eigenvalue weighted by Crippen LogP contribution is -2.11. The number of fused-ring (bicyclic) bond motifs is 2. The molecule has 27 heavy (non-hydrogen) atoms. The number of halogens is 3. The standard InChI is InChI=1S/C19H10F3NO4/c20-19(21,22)14-8-17(24)26-15-4-2-9(5-13(14)15)12-6-10-1-3-11(23)7-16(10)27-18(12)25/h1-8H,23H2. The Labute approximate surface area is 148 Å². The Morgan fingerprint density at radius 1 is 0.852 bits per heavy atom. The van der Waals surface area contributed by atoms with Crippen LogP contribution in [-0.4, -0.2) is 0 Å². The Balaban J connectivity index is 2.00. The van der Waals surface area contributed by atoms with Gasteiger partial charge < -0.3 is 14.6 Å². The molecule has 0 aliphatic rings. The third-order valence-corrected chi connectivity index (χ3v) is 4.12. The van der Waals surface area contributed by atoms with E-state index in [0.717, 1.165) is 6.07 Å². The van der Waals surface area contributed by atoms with Gasteiger partial charge in [0.1, 0.15) is 11.2 Å². The second kappa shape index (κ2) is 5.73. The normalized spacial score (nSPS) is 12.0. The average molecular weight is 373 g/mol. The Morgan fingerprint density at radius 2 is 1.63 bits per heavy atom. The molecule has 2 heterocycles. The molecule has 0 spiro atoms. The summed E-state index contributed by atoms with van der Waals surface area (Å²) in [5, 5.41) is 0.242. The van der Waals surface area contributed by atoms with Crippen LogP contribution in [0.1, 0.15) is 5.56 Å². The summed E-state index contributed by atoms with van der Waals surface area (Å²) in [6.45, 7) is 0. The highest BCUT2D eigenvalue weighted by atomic mass is 19.4. The van der Waals surface area contributed by atoms with Crippen LogP contribution in [0.2, 0.25) is 0 Å². The molecule has 2 aromatic heterocycles. The summed E-state index contributed by atoms with van der Waals surface area (Å²) in [6.07, 6.45) is -4.75. The van der Waals surface area contributed by atoms with E-state index in [1.54, 1.807) is 12.1 Å². The molecule has 0 aliphatic carbocycles. The van der Waals surface area contributed by atoms with E-state index in [1.165, 1.54) is 24.3 Å². The van der Waals surface area contributed by atoms with Gasteiger partial charge in [0, 0.05) is 28.6 Å². The van der Waals surface area contributed by atoms with E-state index in [4.69, 9.17) is 14.6 Å². The van der Waals surface area contributed by atoms with Gasteiger partial charge in [0.05, 0.1) is 11.1 Å². The molecule has 4 aromatic rings. The van der Waals surface area contributed by atoms with Crippen LogP contribution in [0.25, 0.3) is 33.1 Å². The van der Waals surface area contributed by atoms with Crippen molar-refractivity contribution < 1.29 is 22.0 Å². The molecule has 5 nitrogen and oxygen atoms in total. The molecule has 0 amide bonds. The minimum absolute atomic E-state index is 0.0773. The zero-order valence-electron chi connectivity index (χ0n) is 13.5. The molecule has 4 rings (SSSR count). The molecule has 136 valence electrons. The summed E-state index contributed by atoms with van der Waals surface area (Å²) in [4.78, 5) is 23.7. The number of anilines is 1. The lowest BCUT2D eigenvalue weighted by molar-refractivity contribution is -0.136. The monoisotopic (exact) mass is 373 g/mol. The summed E-state index contributed by atoms with van der Waals surface area (Å²) < 4.78 is 49.9. The van der Waals surface area contributed by atoms with E-state index in [2.05, 4.69) is 0 Å². The first-order valence-corrected chi connectivity index (χ1v) is 7.71. The van der Waals surface area contributed by atoms with Gasteiger partial charge in [-0.3, -0.25) is 0 Å². The smallest absolute Gasteiger partial charge is 0.417 e. The maximum atomic E-state index is 13.3. The minimum Gasteiger partial charge on any atom is -0.423 e. The Morgan fingerprint density at radius 3 is 2.37 bits per heavy atom. The van der Waals surface area contributed by atoms with E-state index < -0.39 is 23.0 Å². The van der Waals surface area contributed by atoms with Gasteiger partial charge in [0.15, 0.2) is 0 Å². The van der Waals surface area contributed by atoms with Gasteiger partial charge in [0.25, 0.3) is 0 Å². The van der Waals surface area contributed by atoms with E-state index in [9.17, 15) is 22.8 Å². The highest BCUT2D eigenvalue weighted by molar-refractivity contribution is 5.89. The van der Waals surface area contributed by atoms with Crippen LogP contribution in [0.4, 0.5) is 18.9 Å². The third-order valence-electron chi connectivity index (χ3n) is 4.12. The average Bonchev–Trinajstić information content (AvgIpc) is 2.59. The predicted octanol–water partition coefficient (Wildman–Crippen LogP) is 4.17. The summed E-state index contributed by atoms with van der Waals surface area (Å²) in [5.41, 5.74) is 3.43. The van der Waals surface area contributed by atoms with E-state index in [0.29, 0.717) is 17.1 Å². The van der Waals surface area contributed by atoms with Gasteiger partial charge in [-0.05, 0) is 35.9 Å². The summed E-state index contributed by atoms with van der Waals surface area (Å²) in [6, 6.07) is 10.4. The van der Waals surface area contributed by atoms with Gasteiger partial charge in [-0.1, -0.05) is 6.07 Å². The van der Waals surface area contributed by atoms with Crippen LogP contribution in [0, 0.1) is 0 Å². The molecule has 0 bridgehead atoms. The number of rotatable bonds is 1. The van der Waals surface area contributed by atoms with Crippen LogP contribution in [0.3, 0.4) is 0 Å². The number of nitrogens with two attached hydrogens (primary N) is 1. The first kappa shape index (κ1) is 16.9. The van der Waals surface area contributed by atoms with Gasteiger partial charge in [-0.15, -0.1) is 0 Å². The van der Waals surface area contributed by atoms with E-state index in [1.807, 2.05) is 0 Å². The van der Waals surface area contributed by atoms with Crippen LogP contribution in [0.5, 0.6) is 0 Å². The van der Waals surface area contributed by atoms with Gasteiger partial charge >= 0.3 is 17.4 Å². The maximum absolute atomic E-state index is 13.3. The molecular weight excluding hydrogens is 363 g/mol. The van der Waals surface area contributed by atoms with Crippen LogP contribution < -0.4 is 17.0 Å². The quantitative estimate of drug-likeness (QED) is 0.400. The highest BCUT2D eigenvalue weighted by Crippen LogP contribution is 2.35. The summed E-state index contributed by atoms with van der Waals surface area (Å²) in [7, 11) is 0. The van der Waals surface area contributed by atoms with Crippen molar-refractivity contribution in [3.63, 3.8) is 0 Å². The molecule has 0 saturated heterocycles. The number of hydrogen-bond donors (Lipinski definition) is 1. The van der Waals surface area contributed by atoms with Crippen molar-refractivity contribution in [1.82, 2.24) is 0 Å². The third kappa shape index (κ3) is 2.95. The number of alkyl halides is 3. The van der Waals surface area contributed by atoms with Gasteiger partial charge in [-0.25, -0.2) is 9.59 Å². The Bertz CT molecular complexity index is 1320. The van der Waals surface area contributed by atoms with Crippen molar-refractivity contribution in [3.05, 3.63) is 74.9 Å². The van der Waals surface area contributed by atoms with Crippen LogP contribution in [-0.2, 0) is 6.18 Å². The van der Waals surface area contributed by atoms with Crippen LogP contribution >= 0.6 is 0 Å². The number of benzene rings is 2. The maximum Gasteiger partial charge on any atom is 0.417 e. The second-order valence-corrected chi connectivity index (χ2v) is 5.93. The molecular formula is C19H10F3NO4. The van der Waals surface area contributed by atoms with Crippen molar-refractivity contribution in [3.8, 4) is 11.1 Å². The van der Waals surface area contributed by atoms with Crippen molar-refractivity contribution in [2.24, 2.45) is 0 Å². The van der Waals surface area contributed by atoms with Crippen molar-refractivity contribution in [1.29, 1.82) is 0 Å². The van der Waals surface area contributed by atoms with Gasteiger partial charge in [0.2, 0.25) is 0 Å². The fraction of sp³-hybridized carbons (Fsp3) is 0.0526. The van der Waals surface area contributed by atoms with Crippen molar-refractivity contribution >= 4 is 27.6 Å². The molecule has 2 N–H and O–H groups in total. The summed E-state index contributed by atoms with van der Waals surface area (Å²) >= 11 is 0. The Kier molecular flexibility index (Phi) is 3.59. The van der Waals surface area contributed by atoms with Crippen molar-refractivity contribution in [2.75, 3.05) is 5.73 Å². The highest BCUT2D eigenvalue weighted by Gasteiger charge is 2.34. The largest absolute Gasteiger partial charge is 0.423 e. The first-order chi connectivity index (χ1) is 12.7. The van der Waals surface area contributed by atoms with Crippen LogP contribution in [0.15, 0.2) is 67.0 Å². The predicted molar refractivity (Wildman–Crippen MR) is 93.4 cm³/mol. The molecule has 0 atom stereocenters. The molecule has 8 heteroatoms. The van der Waals surface area contributed by atoms with E-state index in [-0.39, 0.29) is 27.7 Å². The molecule has 0 fully saturated rings. The zero-order valence-corrected chi connectivity index (χ0v) is 13.5. The van der Waals surface area contributed by atoms with Crippen molar-refractivity contribution in [2.45, 2.75) is 6.18 Å². The molecule has 0 saturated carbocycles. The lowest BCUT2D eigenvalue weighted by Gasteiger charge is -2.10. The Hall–Kier alpha value is -3.55. The molecule has 0 unspecified atom stereocenters. The minimum atomic E-state index is -4.75. The van der Waals surface area contributed by atoms with Gasteiger partial charge in [-0.2, -0.15) is 13.2 Å². The fourth-order valence-electron chi connectivity index (χ4n) is 2.89. The molecule has 0 radical (unpaired) electrons. The zero-order chi connectivity index (χ0) is 19.3. The SMILES string of the molecule is Nc1ccc2cc(-c3ccc4oc(=O)cc(C(F)(F)F)c4c3)c(=O)oc2c1. The fourth-order valence-corrected chi connectivity index (χ4v) is 2.89. The lowest BCUT2D eigenvalue weighted by atomic mass is 10.0. The number of hydrogen-bond acceptors (Lipinski definition) is 5. The summed E-state index contributed by atoms with van der Waals surface area (Å²) in [5.74, 6) is 0. The first-order valence-electron chi connectivity index (χ1n) is 7.71. The number of nitrogen functional groups attached to an aromatic ring is 1.